The Balaban J connectivity index is 2.83. The number of rotatable bonds is 7. The molecule has 19 heavy (non-hydrogen) atoms. The molecule has 5 heteroatoms. The third-order valence-corrected chi connectivity index (χ3v) is 2.92. The van der Waals surface area contributed by atoms with Crippen LogP contribution in [0, 0.1) is 11.6 Å². The van der Waals surface area contributed by atoms with Crippen molar-refractivity contribution in [2.24, 2.45) is 0 Å². The van der Waals surface area contributed by atoms with E-state index in [1.54, 1.807) is 14.0 Å². The minimum absolute atomic E-state index is 0.0408. The normalized spacial score (nSPS) is 12.5. The van der Waals surface area contributed by atoms with Gasteiger partial charge in [-0.25, -0.2) is 8.78 Å². The molecule has 1 rings (SSSR count). The van der Waals surface area contributed by atoms with Gasteiger partial charge in [-0.15, -0.1) is 0 Å². The van der Waals surface area contributed by atoms with Crippen molar-refractivity contribution in [3.05, 3.63) is 29.3 Å². The third kappa shape index (κ3) is 4.76. The fourth-order valence-corrected chi connectivity index (χ4v) is 1.85. The lowest BCUT2D eigenvalue weighted by Gasteiger charge is -2.22. The van der Waals surface area contributed by atoms with Gasteiger partial charge in [0.25, 0.3) is 0 Å². The van der Waals surface area contributed by atoms with E-state index < -0.39 is 17.7 Å². The van der Waals surface area contributed by atoms with E-state index in [0.29, 0.717) is 25.1 Å². The first-order valence-electron chi connectivity index (χ1n) is 6.53. The number of hydrogen-bond acceptors (Lipinski definition) is 3. The quantitative estimate of drug-likeness (QED) is 0.799. The fraction of sp³-hybridized carbons (Fsp3) is 0.571. The molecular formula is C14H22F2N2O. The first-order chi connectivity index (χ1) is 8.95. The summed E-state index contributed by atoms with van der Waals surface area (Å²) in [5.74, 6) is -1.14. The third-order valence-electron chi connectivity index (χ3n) is 2.92. The summed E-state index contributed by atoms with van der Waals surface area (Å²) in [6.07, 6.45) is -0.0178. The van der Waals surface area contributed by atoms with Gasteiger partial charge in [-0.2, -0.15) is 0 Å². The summed E-state index contributed by atoms with van der Waals surface area (Å²) < 4.78 is 27.9. The van der Waals surface area contributed by atoms with Gasteiger partial charge >= 0.3 is 0 Å². The second kappa shape index (κ2) is 7.40. The van der Waals surface area contributed by atoms with E-state index in [-0.39, 0.29) is 5.69 Å². The van der Waals surface area contributed by atoms with Crippen LogP contribution in [0.25, 0.3) is 0 Å². The van der Waals surface area contributed by atoms with Gasteiger partial charge in [0, 0.05) is 20.1 Å². The number of aliphatic hydroxyl groups is 1. The first kappa shape index (κ1) is 15.9. The first-order valence-corrected chi connectivity index (χ1v) is 6.53. The molecule has 0 bridgehead atoms. The summed E-state index contributed by atoms with van der Waals surface area (Å²) in [6, 6.07) is 2.69. The van der Waals surface area contributed by atoms with E-state index in [9.17, 15) is 13.9 Å². The highest BCUT2D eigenvalue weighted by molar-refractivity contribution is 5.50. The van der Waals surface area contributed by atoms with Crippen LogP contribution in [0.15, 0.2) is 12.1 Å². The Kier molecular flexibility index (Phi) is 6.18. The van der Waals surface area contributed by atoms with Crippen LogP contribution in [0.3, 0.4) is 0 Å². The molecule has 0 heterocycles. The predicted molar refractivity (Wildman–Crippen MR) is 73.3 cm³/mol. The lowest BCUT2D eigenvalue weighted by molar-refractivity contribution is 0.186. The van der Waals surface area contributed by atoms with Gasteiger partial charge in [0.2, 0.25) is 0 Å². The van der Waals surface area contributed by atoms with Crippen molar-refractivity contribution < 1.29 is 13.9 Å². The van der Waals surface area contributed by atoms with Gasteiger partial charge in [-0.1, -0.05) is 6.92 Å². The zero-order chi connectivity index (χ0) is 14.4. The number of nitrogens with zero attached hydrogens (tertiary/aromatic N) is 1. The van der Waals surface area contributed by atoms with Gasteiger partial charge in [0.05, 0.1) is 6.10 Å². The smallest absolute Gasteiger partial charge is 0.149 e. The summed E-state index contributed by atoms with van der Waals surface area (Å²) in [4.78, 5) is 1.49. The molecule has 0 aromatic heterocycles. The lowest BCUT2D eigenvalue weighted by Crippen LogP contribution is -2.24. The van der Waals surface area contributed by atoms with E-state index in [1.807, 2.05) is 6.92 Å². The Bertz CT molecular complexity index is 387. The van der Waals surface area contributed by atoms with Crippen molar-refractivity contribution in [2.75, 3.05) is 25.0 Å². The maximum absolute atomic E-state index is 13.9. The zero-order valence-corrected chi connectivity index (χ0v) is 11.7. The highest BCUT2D eigenvalue weighted by atomic mass is 19.1. The molecule has 0 aliphatic carbocycles. The largest absolute Gasteiger partial charge is 0.393 e. The minimum atomic E-state index is -0.569. The Morgan fingerprint density at radius 2 is 1.89 bits per heavy atom. The van der Waals surface area contributed by atoms with E-state index >= 15 is 0 Å². The molecule has 1 atom stereocenters. The van der Waals surface area contributed by atoms with Crippen LogP contribution in [-0.4, -0.2) is 31.3 Å². The molecule has 0 aliphatic rings. The van der Waals surface area contributed by atoms with E-state index in [0.717, 1.165) is 6.54 Å². The summed E-state index contributed by atoms with van der Waals surface area (Å²) >= 11 is 0. The van der Waals surface area contributed by atoms with Crippen LogP contribution < -0.4 is 10.2 Å². The number of benzene rings is 1. The van der Waals surface area contributed by atoms with Crippen LogP contribution in [0.5, 0.6) is 0 Å². The topological polar surface area (TPSA) is 35.5 Å². The van der Waals surface area contributed by atoms with E-state index in [4.69, 9.17) is 0 Å². The van der Waals surface area contributed by atoms with Gasteiger partial charge in [-0.3, -0.25) is 0 Å². The standard InChI is InChI=1S/C14H22F2N2O/c1-4-17-9-11-7-12(15)14(13(16)8-11)18(3)6-5-10(2)19/h7-8,10,17,19H,4-6,9H2,1-3H3. The predicted octanol–water partition coefficient (Wildman–Crippen LogP) is 2.28. The van der Waals surface area contributed by atoms with Gasteiger partial charge in [-0.05, 0) is 37.6 Å². The number of anilines is 1. The molecule has 0 saturated heterocycles. The molecular weight excluding hydrogens is 250 g/mol. The monoisotopic (exact) mass is 272 g/mol. The van der Waals surface area contributed by atoms with Crippen molar-refractivity contribution in [1.29, 1.82) is 0 Å². The Labute approximate surface area is 113 Å². The van der Waals surface area contributed by atoms with Crippen molar-refractivity contribution in [1.82, 2.24) is 5.32 Å². The molecule has 1 aromatic rings. The van der Waals surface area contributed by atoms with Crippen molar-refractivity contribution >= 4 is 5.69 Å². The molecule has 2 N–H and O–H groups in total. The summed E-state index contributed by atoms with van der Waals surface area (Å²) in [7, 11) is 1.62. The maximum Gasteiger partial charge on any atom is 0.149 e. The molecule has 0 amide bonds. The Hall–Kier alpha value is -1.20. The van der Waals surface area contributed by atoms with Crippen molar-refractivity contribution in [3.63, 3.8) is 0 Å². The zero-order valence-electron chi connectivity index (χ0n) is 11.7. The summed E-state index contributed by atoms with van der Waals surface area (Å²) in [5, 5.41) is 12.2. The van der Waals surface area contributed by atoms with Crippen LogP contribution in [0.4, 0.5) is 14.5 Å². The van der Waals surface area contributed by atoms with E-state index in [1.165, 1.54) is 17.0 Å². The average molecular weight is 272 g/mol. The van der Waals surface area contributed by atoms with Crippen molar-refractivity contribution in [2.45, 2.75) is 32.9 Å². The van der Waals surface area contributed by atoms with Crippen LogP contribution in [0.2, 0.25) is 0 Å². The number of halogens is 2. The van der Waals surface area contributed by atoms with Gasteiger partial charge in [0.15, 0.2) is 0 Å². The number of nitrogens with one attached hydrogen (secondary N) is 1. The van der Waals surface area contributed by atoms with E-state index in [2.05, 4.69) is 5.32 Å². The lowest BCUT2D eigenvalue weighted by atomic mass is 10.1. The Morgan fingerprint density at radius 1 is 1.32 bits per heavy atom. The molecule has 1 aromatic carbocycles. The molecule has 0 aliphatic heterocycles. The number of hydrogen-bond donors (Lipinski definition) is 2. The van der Waals surface area contributed by atoms with Crippen molar-refractivity contribution in [3.8, 4) is 0 Å². The minimum Gasteiger partial charge on any atom is -0.393 e. The number of aliphatic hydroxyl groups excluding tert-OH is 1. The molecule has 3 nitrogen and oxygen atoms in total. The molecule has 0 fully saturated rings. The fourth-order valence-electron chi connectivity index (χ4n) is 1.85. The highest BCUT2D eigenvalue weighted by Gasteiger charge is 2.15. The molecule has 1 unspecified atom stereocenters. The second-order valence-corrected chi connectivity index (χ2v) is 4.75. The maximum atomic E-state index is 13.9. The van der Waals surface area contributed by atoms with Gasteiger partial charge in [0.1, 0.15) is 17.3 Å². The summed E-state index contributed by atoms with van der Waals surface area (Å²) in [6.45, 7) is 5.18. The van der Waals surface area contributed by atoms with Crippen LogP contribution in [-0.2, 0) is 6.54 Å². The molecule has 0 saturated carbocycles. The highest BCUT2D eigenvalue weighted by Crippen LogP contribution is 2.24. The molecule has 108 valence electrons. The average Bonchev–Trinajstić information content (AvgIpc) is 2.33. The second-order valence-electron chi connectivity index (χ2n) is 4.75. The van der Waals surface area contributed by atoms with Gasteiger partial charge < -0.3 is 15.3 Å². The van der Waals surface area contributed by atoms with Crippen LogP contribution >= 0.6 is 0 Å². The Morgan fingerprint density at radius 3 is 2.37 bits per heavy atom. The van der Waals surface area contributed by atoms with Crippen LogP contribution in [0.1, 0.15) is 25.8 Å². The molecule has 0 radical (unpaired) electrons. The summed E-state index contributed by atoms with van der Waals surface area (Å²) in [5.41, 5.74) is 0.547. The SMILES string of the molecule is CCNCc1cc(F)c(N(C)CCC(C)O)c(F)c1. The molecule has 0 spiro atoms.